The van der Waals surface area contributed by atoms with Gasteiger partial charge in [-0.1, -0.05) is 78.6 Å². The molecule has 226 valence electrons. The summed E-state index contributed by atoms with van der Waals surface area (Å²) in [6, 6.07) is 3.67. The number of allylic oxidation sites excluding steroid dienone is 2. The highest BCUT2D eigenvalue weighted by Crippen LogP contribution is 2.47. The molecule has 3 nitrogen and oxygen atoms in total. The molecule has 0 saturated carbocycles. The Balaban J connectivity index is 2.05. The van der Waals surface area contributed by atoms with Crippen LogP contribution in [-0.2, 0) is 19.3 Å². The summed E-state index contributed by atoms with van der Waals surface area (Å²) in [5.74, 6) is 0. The molecular weight excluding hydrogens is 560 g/mol. The van der Waals surface area contributed by atoms with Gasteiger partial charge in [0, 0.05) is 25.4 Å². The van der Waals surface area contributed by atoms with Gasteiger partial charge < -0.3 is 5.73 Å². The number of fused-ring (bicyclic) bond motifs is 1. The zero-order valence-electron chi connectivity index (χ0n) is 24.9. The van der Waals surface area contributed by atoms with Crippen molar-refractivity contribution in [1.29, 1.82) is 5.41 Å². The van der Waals surface area contributed by atoms with Crippen molar-refractivity contribution >= 4 is 37.8 Å². The Kier molecular flexibility index (Phi) is 13.4. The molecule has 0 saturated heterocycles. The lowest BCUT2D eigenvalue weighted by atomic mass is 10.0. The third-order valence-corrected chi connectivity index (χ3v) is 10.4. The molecule has 8 heteroatoms. The van der Waals surface area contributed by atoms with Crippen LogP contribution < -0.4 is 5.73 Å². The number of alkyl halides is 3. The van der Waals surface area contributed by atoms with E-state index in [4.69, 9.17) is 11.1 Å². The summed E-state index contributed by atoms with van der Waals surface area (Å²) in [5.41, 5.74) is 7.55. The van der Waals surface area contributed by atoms with Crippen LogP contribution in [0.1, 0.15) is 120 Å². The number of aromatic nitrogens is 1. The first-order valence-electron chi connectivity index (χ1n) is 15.4. The summed E-state index contributed by atoms with van der Waals surface area (Å²) in [4.78, 5) is 6.92. The van der Waals surface area contributed by atoms with E-state index in [0.29, 0.717) is 6.08 Å². The highest BCUT2D eigenvalue weighted by molar-refractivity contribution is 7.30. The lowest BCUT2D eigenvalue weighted by Crippen LogP contribution is -2.20. The summed E-state index contributed by atoms with van der Waals surface area (Å²) < 4.78 is 41.8. The Bertz CT molecular complexity index is 1290. The van der Waals surface area contributed by atoms with Crippen LogP contribution in [0.15, 0.2) is 30.1 Å². The number of thiophene rings is 2. The highest BCUT2D eigenvalue weighted by atomic mass is 32.1. The molecule has 0 aliphatic heterocycles. The summed E-state index contributed by atoms with van der Waals surface area (Å²) >= 11 is 3.80. The Morgan fingerprint density at radius 1 is 0.829 bits per heavy atom. The minimum absolute atomic E-state index is 0.194. The number of nitrogens with two attached hydrogens (primary N) is 1. The molecule has 3 heterocycles. The zero-order valence-corrected chi connectivity index (χ0v) is 26.5. The van der Waals surface area contributed by atoms with E-state index < -0.39 is 11.9 Å². The maximum Gasteiger partial charge on any atom is 0.430 e. The number of unbranched alkanes of at least 4 members (excludes halogenated alkanes) is 9. The predicted octanol–water partition coefficient (Wildman–Crippen LogP) is 11.2. The molecule has 41 heavy (non-hydrogen) atoms. The van der Waals surface area contributed by atoms with Crippen molar-refractivity contribution in [1.82, 2.24) is 4.98 Å². The van der Waals surface area contributed by atoms with Crippen molar-refractivity contribution in [3.63, 3.8) is 0 Å². The van der Waals surface area contributed by atoms with E-state index in [0.717, 1.165) is 31.2 Å². The molecule has 0 bridgehead atoms. The second-order valence-electron chi connectivity index (χ2n) is 10.9. The number of aryl methyl sites for hydroxylation is 3. The Morgan fingerprint density at radius 3 is 1.98 bits per heavy atom. The lowest BCUT2D eigenvalue weighted by Gasteiger charge is -2.09. The SMILES string of the molecule is CCCCCCc1sc2c(CCCCCC)c(-c3ccnc(C(=N)C=C(N)C(F)(F)F)c3)sc2c1CCCCCC. The molecule has 3 N–H and O–H groups in total. The molecular formula is C33H46F3N3S2. The van der Waals surface area contributed by atoms with E-state index >= 15 is 0 Å². The van der Waals surface area contributed by atoms with Crippen molar-refractivity contribution < 1.29 is 13.2 Å². The zero-order chi connectivity index (χ0) is 29.8. The standard InChI is InChI=1S/C33H46F3N3S2/c1-4-7-10-13-16-24-28(18-15-12-9-6-3)40-32-25(17-14-11-8-5-2)30(41-31(24)32)23-19-20-39-27(21-23)26(37)22-29(38)33(34,35)36/h19-22,37H,4-18,38H2,1-3H3. The first-order valence-corrected chi connectivity index (χ1v) is 17.0. The molecule has 0 aliphatic carbocycles. The van der Waals surface area contributed by atoms with Crippen molar-refractivity contribution in [2.24, 2.45) is 5.73 Å². The fourth-order valence-electron chi connectivity index (χ4n) is 5.18. The van der Waals surface area contributed by atoms with E-state index in [1.165, 1.54) is 96.0 Å². The molecule has 0 unspecified atom stereocenters. The van der Waals surface area contributed by atoms with Crippen LogP contribution in [0, 0.1) is 5.41 Å². The molecule has 0 radical (unpaired) electrons. The number of nitrogens with one attached hydrogen (secondary N) is 1. The molecule has 0 aromatic carbocycles. The predicted molar refractivity (Wildman–Crippen MR) is 172 cm³/mol. The molecule has 0 amide bonds. The quantitative estimate of drug-likeness (QED) is 0.112. The van der Waals surface area contributed by atoms with Gasteiger partial charge in [0.15, 0.2) is 0 Å². The van der Waals surface area contributed by atoms with Gasteiger partial charge in [0.25, 0.3) is 0 Å². The normalized spacial score (nSPS) is 12.5. The minimum atomic E-state index is -4.67. The third kappa shape index (κ3) is 9.40. The van der Waals surface area contributed by atoms with Crippen LogP contribution in [0.4, 0.5) is 13.2 Å². The van der Waals surface area contributed by atoms with Crippen LogP contribution in [-0.4, -0.2) is 16.9 Å². The van der Waals surface area contributed by atoms with E-state index in [2.05, 4.69) is 25.8 Å². The van der Waals surface area contributed by atoms with Gasteiger partial charge in [-0.15, -0.1) is 22.7 Å². The fourth-order valence-corrected chi connectivity index (χ4v) is 8.27. The Morgan fingerprint density at radius 2 is 1.39 bits per heavy atom. The molecule has 3 aromatic heterocycles. The summed E-state index contributed by atoms with van der Waals surface area (Å²) in [5, 5.41) is 8.24. The topological polar surface area (TPSA) is 62.8 Å². The maximum atomic E-state index is 13.0. The Hall–Kier alpha value is -2.19. The van der Waals surface area contributed by atoms with Crippen LogP contribution in [0.25, 0.3) is 19.8 Å². The average Bonchev–Trinajstić information content (AvgIpc) is 3.47. The van der Waals surface area contributed by atoms with Gasteiger partial charge >= 0.3 is 6.18 Å². The number of hydrogen-bond donors (Lipinski definition) is 2. The smallest absolute Gasteiger partial charge is 0.395 e. The minimum Gasteiger partial charge on any atom is -0.395 e. The van der Waals surface area contributed by atoms with E-state index in [1.807, 2.05) is 28.7 Å². The van der Waals surface area contributed by atoms with Crippen LogP contribution in [0.3, 0.4) is 0 Å². The number of halogens is 3. The first-order chi connectivity index (χ1) is 19.7. The van der Waals surface area contributed by atoms with E-state index in [1.54, 1.807) is 17.1 Å². The van der Waals surface area contributed by atoms with E-state index in [-0.39, 0.29) is 11.4 Å². The van der Waals surface area contributed by atoms with Crippen LogP contribution >= 0.6 is 22.7 Å². The van der Waals surface area contributed by atoms with Gasteiger partial charge in [-0.3, -0.25) is 10.4 Å². The molecule has 0 fully saturated rings. The van der Waals surface area contributed by atoms with Gasteiger partial charge in [-0.2, -0.15) is 13.2 Å². The maximum absolute atomic E-state index is 13.0. The molecule has 0 spiro atoms. The molecule has 0 aliphatic rings. The fraction of sp³-hybridized carbons (Fsp3) is 0.576. The van der Waals surface area contributed by atoms with Crippen molar-refractivity contribution in [3.05, 3.63) is 51.8 Å². The highest BCUT2D eigenvalue weighted by Gasteiger charge is 2.31. The van der Waals surface area contributed by atoms with Crippen molar-refractivity contribution in [2.75, 3.05) is 0 Å². The summed E-state index contributed by atoms with van der Waals surface area (Å²) in [7, 11) is 0. The number of pyridine rings is 1. The van der Waals surface area contributed by atoms with Gasteiger partial charge in [-0.05, 0) is 73.4 Å². The number of nitrogens with zero attached hydrogens (tertiary/aromatic N) is 1. The van der Waals surface area contributed by atoms with Crippen molar-refractivity contribution in [3.8, 4) is 10.4 Å². The average molecular weight is 606 g/mol. The van der Waals surface area contributed by atoms with Gasteiger partial charge in [0.1, 0.15) is 5.70 Å². The lowest BCUT2D eigenvalue weighted by molar-refractivity contribution is -0.0925. The number of rotatable bonds is 18. The largest absolute Gasteiger partial charge is 0.430 e. The number of hydrogen-bond acceptors (Lipinski definition) is 5. The second-order valence-corrected chi connectivity index (χ2v) is 13.1. The molecule has 0 atom stereocenters. The molecule has 3 aromatic rings. The Labute approximate surface area is 252 Å². The second kappa shape index (κ2) is 16.4. The first kappa shape index (κ1) is 33.3. The van der Waals surface area contributed by atoms with Crippen LogP contribution in [0.2, 0.25) is 0 Å². The molecule has 3 rings (SSSR count). The third-order valence-electron chi connectivity index (χ3n) is 7.54. The summed E-state index contributed by atoms with van der Waals surface area (Å²) in [6.45, 7) is 6.71. The van der Waals surface area contributed by atoms with Gasteiger partial charge in [-0.25, -0.2) is 0 Å². The van der Waals surface area contributed by atoms with Crippen LogP contribution in [0.5, 0.6) is 0 Å². The monoisotopic (exact) mass is 605 g/mol. The van der Waals surface area contributed by atoms with Gasteiger partial charge in [0.05, 0.1) is 11.4 Å². The van der Waals surface area contributed by atoms with Crippen molar-refractivity contribution in [2.45, 2.75) is 123 Å². The van der Waals surface area contributed by atoms with E-state index in [9.17, 15) is 13.2 Å². The van der Waals surface area contributed by atoms with Gasteiger partial charge in [0.2, 0.25) is 0 Å². The summed E-state index contributed by atoms with van der Waals surface area (Å²) in [6.07, 6.45) is 15.4.